The van der Waals surface area contributed by atoms with Gasteiger partial charge < -0.3 is 19.9 Å². The number of alkyl halides is 2. The van der Waals surface area contributed by atoms with Crippen LogP contribution in [-0.4, -0.2) is 86.0 Å². The molecule has 17 heteroatoms. The van der Waals surface area contributed by atoms with E-state index < -0.39 is 20.4 Å². The summed E-state index contributed by atoms with van der Waals surface area (Å²) in [5, 5.41) is 7.60. The van der Waals surface area contributed by atoms with Crippen LogP contribution in [0.15, 0.2) is 77.7 Å². The van der Waals surface area contributed by atoms with Crippen molar-refractivity contribution in [2.75, 3.05) is 31.3 Å². The number of rotatable bonds is 15. The molecule has 3 aromatic heterocycles. The van der Waals surface area contributed by atoms with Crippen LogP contribution in [0.3, 0.4) is 0 Å². The van der Waals surface area contributed by atoms with Crippen molar-refractivity contribution in [3.8, 4) is 22.4 Å². The van der Waals surface area contributed by atoms with E-state index in [2.05, 4.69) is 54.8 Å². The summed E-state index contributed by atoms with van der Waals surface area (Å²) in [5.74, 6) is -0.542. The van der Waals surface area contributed by atoms with Gasteiger partial charge in [0.15, 0.2) is 0 Å². The van der Waals surface area contributed by atoms with Crippen LogP contribution < -0.4 is 15.9 Å². The van der Waals surface area contributed by atoms with Gasteiger partial charge in [-0.3, -0.25) is 28.4 Å². The number of imide groups is 1. The lowest BCUT2D eigenvalue weighted by atomic mass is 9.91. The highest BCUT2D eigenvalue weighted by Crippen LogP contribution is 2.43. The highest BCUT2D eigenvalue weighted by molar-refractivity contribution is 6.76. The number of carbonyl (C=O) groups excluding carboxylic acids is 3. The number of carbonyl (C=O) groups is 3. The molecule has 5 heterocycles. The van der Waals surface area contributed by atoms with E-state index in [1.165, 1.54) is 11.1 Å². The second-order valence-electron chi connectivity index (χ2n) is 19.2. The molecule has 0 saturated carbocycles. The summed E-state index contributed by atoms with van der Waals surface area (Å²) in [6.45, 7) is 12.8. The molecule has 2 aliphatic heterocycles. The molecule has 14 nitrogen and oxygen atoms in total. The van der Waals surface area contributed by atoms with Crippen LogP contribution in [0.2, 0.25) is 25.7 Å². The van der Waals surface area contributed by atoms with E-state index in [9.17, 15) is 28.0 Å². The third kappa shape index (κ3) is 9.84. The number of aromatic nitrogens is 5. The number of halogens is 2. The fourth-order valence-electron chi connectivity index (χ4n) is 8.97. The minimum atomic E-state index is -2.77. The number of hydrogen-bond donors (Lipinski definition) is 1. The number of aryl methyl sites for hydroxylation is 4. The van der Waals surface area contributed by atoms with Gasteiger partial charge in [-0.15, -0.1) is 0 Å². The van der Waals surface area contributed by atoms with Gasteiger partial charge in [-0.2, -0.15) is 5.10 Å². The van der Waals surface area contributed by atoms with Gasteiger partial charge in [0, 0.05) is 96.1 Å². The van der Waals surface area contributed by atoms with Gasteiger partial charge in [-0.1, -0.05) is 57.8 Å². The Bertz CT molecular complexity index is 2920. The molecular formula is C50H59F2N9O5Si. The molecule has 0 radical (unpaired) electrons. The van der Waals surface area contributed by atoms with Gasteiger partial charge in [0.25, 0.3) is 12.3 Å². The zero-order valence-corrected chi connectivity index (χ0v) is 40.5. The number of benzene rings is 3. The molecule has 0 aliphatic carbocycles. The Balaban J connectivity index is 0.935. The van der Waals surface area contributed by atoms with Crippen LogP contribution in [0.4, 0.5) is 25.0 Å². The monoisotopic (exact) mass is 931 g/mol. The Morgan fingerprint density at radius 1 is 0.896 bits per heavy atom. The van der Waals surface area contributed by atoms with E-state index >= 15 is 0 Å². The molecule has 0 unspecified atom stereocenters. The number of urea groups is 1. The highest BCUT2D eigenvalue weighted by Gasteiger charge is 2.33. The number of pyridine rings is 1. The average Bonchev–Trinajstić information content (AvgIpc) is 3.78. The third-order valence-corrected chi connectivity index (χ3v) is 14.5. The second kappa shape index (κ2) is 19.0. The van der Waals surface area contributed by atoms with Gasteiger partial charge in [-0.25, -0.2) is 23.3 Å². The van der Waals surface area contributed by atoms with Crippen molar-refractivity contribution in [1.82, 2.24) is 39.0 Å². The minimum absolute atomic E-state index is 0.0510. The highest BCUT2D eigenvalue weighted by atomic mass is 28.3. The van der Waals surface area contributed by atoms with Crippen LogP contribution in [0.25, 0.3) is 33.4 Å². The molecule has 352 valence electrons. The molecule has 0 spiro atoms. The number of hydrogen-bond acceptors (Lipinski definition) is 8. The lowest BCUT2D eigenvalue weighted by Gasteiger charge is -2.34. The lowest BCUT2D eigenvalue weighted by Crippen LogP contribution is -2.52. The molecule has 1 fully saturated rings. The van der Waals surface area contributed by atoms with Gasteiger partial charge in [0.05, 0.1) is 29.0 Å². The van der Waals surface area contributed by atoms with E-state index in [1.54, 1.807) is 58.1 Å². The maximum atomic E-state index is 14.9. The molecule has 1 saturated heterocycles. The first-order valence-electron chi connectivity index (χ1n) is 22.8. The molecule has 3 aromatic carbocycles. The maximum Gasteiger partial charge on any atom is 0.328 e. The summed E-state index contributed by atoms with van der Waals surface area (Å²) in [5.41, 5.74) is 9.02. The first-order chi connectivity index (χ1) is 31.9. The summed E-state index contributed by atoms with van der Waals surface area (Å²) in [7, 11) is 4.00. The first kappa shape index (κ1) is 47.0. The zero-order valence-electron chi connectivity index (χ0n) is 39.5. The Morgan fingerprint density at radius 3 is 2.40 bits per heavy atom. The van der Waals surface area contributed by atoms with E-state index in [1.807, 2.05) is 42.5 Å². The van der Waals surface area contributed by atoms with Gasteiger partial charge in [0.1, 0.15) is 12.4 Å². The summed E-state index contributed by atoms with van der Waals surface area (Å²) in [6, 6.07) is 20.8. The first-order valence-corrected chi connectivity index (χ1v) is 26.5. The molecule has 8 rings (SSSR count). The van der Waals surface area contributed by atoms with Gasteiger partial charge >= 0.3 is 11.7 Å². The lowest BCUT2D eigenvalue weighted by molar-refractivity contribution is -0.135. The number of fused-ring (bicyclic) bond motifs is 2. The fraction of sp³-hybridized carbons (Fsp3) is 0.400. The molecule has 2 aliphatic rings. The van der Waals surface area contributed by atoms with E-state index in [0.717, 1.165) is 57.1 Å². The Labute approximate surface area is 390 Å². The number of nitrogens with zero attached hydrogens (tertiary/aromatic N) is 8. The van der Waals surface area contributed by atoms with E-state index in [-0.39, 0.29) is 54.5 Å². The standard InChI is InChI=1S/C50H59F2N9O5Si/c1-31(2)38-23-36(25-44-46(38)57(4)49(64)56(44)3)60-17-10-13-34-22-39(40(47(51)52)26-43(34)60)35-14-15-41(53-27-35)48(63)54-28-37-24-42(55-58(37)5)33-12-9-11-32(21-33)29-59-18-16-45(62)61(50(59)65)30-66-19-20-67(6,7)8/h9,11-12,14-15,21-27,31,47H,10,13,16-20,28-30H2,1-8H3,(H,54,63). The predicted octanol–water partition coefficient (Wildman–Crippen LogP) is 8.88. The number of ether oxygens (including phenoxy) is 1. The molecular weight excluding hydrogens is 873 g/mol. The van der Waals surface area contributed by atoms with Crippen molar-refractivity contribution in [3.63, 3.8) is 0 Å². The van der Waals surface area contributed by atoms with Crippen molar-refractivity contribution in [2.24, 2.45) is 21.1 Å². The second-order valence-corrected chi connectivity index (χ2v) is 24.8. The fourth-order valence-corrected chi connectivity index (χ4v) is 9.73. The van der Waals surface area contributed by atoms with Gasteiger partial charge in [0.2, 0.25) is 5.91 Å². The quantitative estimate of drug-likeness (QED) is 0.0796. The van der Waals surface area contributed by atoms with Crippen LogP contribution in [0.1, 0.15) is 77.5 Å². The number of amides is 4. The van der Waals surface area contributed by atoms with Crippen molar-refractivity contribution in [3.05, 3.63) is 117 Å². The molecule has 4 amide bonds. The van der Waals surface area contributed by atoms with E-state index in [4.69, 9.17) is 9.84 Å². The summed E-state index contributed by atoms with van der Waals surface area (Å²) >= 11 is 0. The van der Waals surface area contributed by atoms with Crippen molar-refractivity contribution in [2.45, 2.75) is 84.2 Å². The van der Waals surface area contributed by atoms with Crippen LogP contribution in [0, 0.1) is 0 Å². The summed E-state index contributed by atoms with van der Waals surface area (Å²) in [6.07, 6.45) is 0.439. The normalized spacial score (nSPS) is 14.5. The number of imidazole rings is 1. The van der Waals surface area contributed by atoms with Crippen molar-refractivity contribution in [1.29, 1.82) is 0 Å². The topological polar surface area (TPSA) is 140 Å². The van der Waals surface area contributed by atoms with Crippen LogP contribution in [-0.2, 0) is 50.2 Å². The average molecular weight is 932 g/mol. The van der Waals surface area contributed by atoms with Crippen molar-refractivity contribution >= 4 is 48.3 Å². The molecule has 0 atom stereocenters. The molecule has 6 aromatic rings. The molecule has 67 heavy (non-hydrogen) atoms. The largest absolute Gasteiger partial charge is 0.361 e. The minimum Gasteiger partial charge on any atom is -0.361 e. The van der Waals surface area contributed by atoms with Gasteiger partial charge in [-0.05, 0) is 89.5 Å². The molecule has 1 N–H and O–H groups in total. The SMILES string of the molecule is CC(C)c1cc(N2CCCc3cc(-c4ccc(C(=O)NCc5cc(-c6cccc(CN7CCC(=O)N(COCC[Si](C)(C)C)C7=O)c6)nn5C)nc4)c(C(F)F)cc32)cc2c1n(C)c(=O)n2C. The van der Waals surface area contributed by atoms with E-state index in [0.29, 0.717) is 55.2 Å². The third-order valence-electron chi connectivity index (χ3n) is 12.8. The predicted molar refractivity (Wildman–Crippen MR) is 258 cm³/mol. The number of nitrogens with one attached hydrogen (secondary N) is 1. The van der Waals surface area contributed by atoms with Crippen LogP contribution >= 0.6 is 0 Å². The van der Waals surface area contributed by atoms with Crippen molar-refractivity contribution < 1.29 is 27.9 Å². The summed E-state index contributed by atoms with van der Waals surface area (Å²) < 4.78 is 40.6. The van der Waals surface area contributed by atoms with Crippen LogP contribution in [0.5, 0.6) is 0 Å². The zero-order chi connectivity index (χ0) is 47.9. The maximum absolute atomic E-state index is 14.9. The smallest absolute Gasteiger partial charge is 0.328 e. The Morgan fingerprint density at radius 2 is 1.69 bits per heavy atom. The molecule has 0 bridgehead atoms. The number of anilines is 2. The Kier molecular flexibility index (Phi) is 13.4. The summed E-state index contributed by atoms with van der Waals surface area (Å²) in [4.78, 5) is 61.6. The Hall–Kier alpha value is -6.46.